The summed E-state index contributed by atoms with van der Waals surface area (Å²) in [6.45, 7) is 2.17. The summed E-state index contributed by atoms with van der Waals surface area (Å²) in [6, 6.07) is 15.1. The summed E-state index contributed by atoms with van der Waals surface area (Å²) in [4.78, 5) is 3.35. The zero-order valence-electron chi connectivity index (χ0n) is 11.6. The van der Waals surface area contributed by atoms with Crippen molar-refractivity contribution in [3.05, 3.63) is 60.4 Å². The van der Waals surface area contributed by atoms with Crippen molar-refractivity contribution in [1.82, 2.24) is 9.55 Å². The van der Waals surface area contributed by atoms with Gasteiger partial charge in [0.05, 0.1) is 19.4 Å². The van der Waals surface area contributed by atoms with Gasteiger partial charge in [0.25, 0.3) is 0 Å². The van der Waals surface area contributed by atoms with Crippen LogP contribution in [0.2, 0.25) is 0 Å². The molecule has 0 atom stereocenters. The number of aromatic amines is 1. The number of imidazole rings is 1. The van der Waals surface area contributed by atoms with Crippen LogP contribution < -0.4 is 4.57 Å². The Bertz CT molecular complexity index is 928. The normalized spacial score (nSPS) is 11.5. The van der Waals surface area contributed by atoms with Crippen LogP contribution in [0.4, 0.5) is 0 Å². The van der Waals surface area contributed by atoms with Gasteiger partial charge in [0.2, 0.25) is 0 Å². The fraction of sp³-hybridized carbons (Fsp3) is 0.118. The predicted octanol–water partition coefficient (Wildman–Crippen LogP) is 3.24. The van der Waals surface area contributed by atoms with Crippen molar-refractivity contribution >= 4 is 21.8 Å². The SMILES string of the molecule is Cc1cccc2c3ccccc3n(-c3[nH]cc[n+]3C)c12. The van der Waals surface area contributed by atoms with Gasteiger partial charge >= 0.3 is 5.95 Å². The van der Waals surface area contributed by atoms with Crippen LogP contribution in [-0.2, 0) is 7.05 Å². The van der Waals surface area contributed by atoms with Crippen LogP contribution in [0.3, 0.4) is 0 Å². The van der Waals surface area contributed by atoms with Crippen molar-refractivity contribution in [2.75, 3.05) is 0 Å². The number of nitrogens with one attached hydrogen (secondary N) is 1. The molecule has 0 unspecified atom stereocenters. The number of nitrogens with zero attached hydrogens (tertiary/aromatic N) is 2. The second-order valence-electron chi connectivity index (χ2n) is 5.22. The van der Waals surface area contributed by atoms with Crippen LogP contribution in [0, 0.1) is 6.92 Å². The zero-order valence-corrected chi connectivity index (χ0v) is 11.6. The number of H-pyrrole nitrogens is 1. The van der Waals surface area contributed by atoms with Crippen molar-refractivity contribution in [3.63, 3.8) is 0 Å². The molecule has 0 aliphatic carbocycles. The van der Waals surface area contributed by atoms with Crippen LogP contribution in [0.25, 0.3) is 27.8 Å². The minimum atomic E-state index is 1.07. The van der Waals surface area contributed by atoms with Gasteiger partial charge in [-0.2, -0.15) is 4.57 Å². The third-order valence-electron chi connectivity index (χ3n) is 3.95. The Kier molecular flexibility index (Phi) is 2.24. The lowest BCUT2D eigenvalue weighted by atomic mass is 10.1. The van der Waals surface area contributed by atoms with E-state index in [1.807, 2.05) is 12.4 Å². The lowest BCUT2D eigenvalue weighted by Crippen LogP contribution is -2.30. The van der Waals surface area contributed by atoms with E-state index in [2.05, 4.69) is 70.6 Å². The highest BCUT2D eigenvalue weighted by atomic mass is 15.2. The molecule has 2 heterocycles. The molecule has 20 heavy (non-hydrogen) atoms. The highest BCUT2D eigenvalue weighted by Crippen LogP contribution is 2.32. The smallest absolute Gasteiger partial charge is 0.248 e. The minimum absolute atomic E-state index is 1.07. The molecule has 0 fully saturated rings. The van der Waals surface area contributed by atoms with E-state index in [1.54, 1.807) is 0 Å². The lowest BCUT2D eigenvalue weighted by molar-refractivity contribution is -0.663. The van der Waals surface area contributed by atoms with Crippen molar-refractivity contribution < 1.29 is 4.57 Å². The molecule has 3 nitrogen and oxygen atoms in total. The summed E-state index contributed by atoms with van der Waals surface area (Å²) >= 11 is 0. The maximum atomic E-state index is 3.35. The lowest BCUT2D eigenvalue weighted by Gasteiger charge is -2.01. The van der Waals surface area contributed by atoms with Crippen molar-refractivity contribution in [2.45, 2.75) is 6.92 Å². The maximum absolute atomic E-state index is 3.35. The molecule has 0 bridgehead atoms. The van der Waals surface area contributed by atoms with Gasteiger partial charge in [-0.25, -0.2) is 9.55 Å². The second kappa shape index (κ2) is 3.97. The number of fused-ring (bicyclic) bond motifs is 3. The van der Waals surface area contributed by atoms with Crippen molar-refractivity contribution in [1.29, 1.82) is 0 Å². The van der Waals surface area contributed by atoms with Crippen LogP contribution in [0.1, 0.15) is 5.56 Å². The van der Waals surface area contributed by atoms with E-state index in [1.165, 1.54) is 27.4 Å². The molecule has 0 spiro atoms. The number of para-hydroxylation sites is 2. The number of aromatic nitrogens is 3. The molecule has 2 aromatic heterocycles. The van der Waals surface area contributed by atoms with E-state index in [9.17, 15) is 0 Å². The van der Waals surface area contributed by atoms with Crippen LogP contribution >= 0.6 is 0 Å². The van der Waals surface area contributed by atoms with E-state index < -0.39 is 0 Å². The van der Waals surface area contributed by atoms with Gasteiger partial charge in [0.15, 0.2) is 0 Å². The van der Waals surface area contributed by atoms with Crippen LogP contribution in [0.5, 0.6) is 0 Å². The van der Waals surface area contributed by atoms with Gasteiger partial charge in [0.1, 0.15) is 11.0 Å². The zero-order chi connectivity index (χ0) is 13.7. The van der Waals surface area contributed by atoms with Gasteiger partial charge in [-0.05, 0) is 18.6 Å². The Morgan fingerprint density at radius 3 is 2.60 bits per heavy atom. The van der Waals surface area contributed by atoms with Gasteiger partial charge in [-0.3, -0.25) is 0 Å². The van der Waals surface area contributed by atoms with E-state index in [0.717, 1.165) is 5.95 Å². The Morgan fingerprint density at radius 2 is 1.80 bits per heavy atom. The highest BCUT2D eigenvalue weighted by molar-refractivity contribution is 6.09. The summed E-state index contributed by atoms with van der Waals surface area (Å²) in [6.07, 6.45) is 4.00. The molecule has 98 valence electrons. The molecule has 0 aliphatic rings. The molecular weight excluding hydrogens is 246 g/mol. The first kappa shape index (κ1) is 11.3. The van der Waals surface area contributed by atoms with Gasteiger partial charge in [-0.1, -0.05) is 36.4 Å². The Labute approximate surface area is 117 Å². The fourth-order valence-electron chi connectivity index (χ4n) is 3.03. The Balaban J connectivity index is 2.30. The third-order valence-corrected chi connectivity index (χ3v) is 3.95. The van der Waals surface area contributed by atoms with Crippen LogP contribution in [-0.4, -0.2) is 9.55 Å². The minimum Gasteiger partial charge on any atom is -0.248 e. The first-order valence-corrected chi connectivity index (χ1v) is 6.79. The van der Waals surface area contributed by atoms with Gasteiger partial charge in [-0.15, -0.1) is 0 Å². The summed E-state index contributed by atoms with van der Waals surface area (Å²) in [5.74, 6) is 1.07. The summed E-state index contributed by atoms with van der Waals surface area (Å²) in [7, 11) is 2.06. The van der Waals surface area contributed by atoms with Crippen molar-refractivity contribution in [2.24, 2.45) is 7.05 Å². The monoisotopic (exact) mass is 262 g/mol. The van der Waals surface area contributed by atoms with E-state index in [0.29, 0.717) is 0 Å². The maximum Gasteiger partial charge on any atom is 0.367 e. The Morgan fingerprint density at radius 1 is 1.00 bits per heavy atom. The number of benzene rings is 2. The molecule has 4 rings (SSSR count). The van der Waals surface area contributed by atoms with E-state index in [-0.39, 0.29) is 0 Å². The average molecular weight is 262 g/mol. The van der Waals surface area contributed by atoms with Crippen molar-refractivity contribution in [3.8, 4) is 5.95 Å². The summed E-state index contributed by atoms with van der Waals surface area (Å²) in [5.41, 5.74) is 3.79. The van der Waals surface area contributed by atoms with Gasteiger partial charge in [0, 0.05) is 10.8 Å². The predicted molar refractivity (Wildman–Crippen MR) is 81.0 cm³/mol. The molecule has 0 aliphatic heterocycles. The highest BCUT2D eigenvalue weighted by Gasteiger charge is 2.21. The molecular formula is C17H16N3+. The van der Waals surface area contributed by atoms with Gasteiger partial charge < -0.3 is 0 Å². The van der Waals surface area contributed by atoms with E-state index in [4.69, 9.17) is 0 Å². The molecule has 3 heteroatoms. The fourth-order valence-corrected chi connectivity index (χ4v) is 3.03. The second-order valence-corrected chi connectivity index (χ2v) is 5.22. The number of hydrogen-bond acceptors (Lipinski definition) is 0. The summed E-state index contributed by atoms with van der Waals surface area (Å²) in [5, 5.41) is 2.59. The van der Waals surface area contributed by atoms with Crippen LogP contribution in [0.15, 0.2) is 54.9 Å². The number of hydrogen-bond donors (Lipinski definition) is 1. The molecule has 0 radical (unpaired) electrons. The average Bonchev–Trinajstić information content (AvgIpc) is 3.01. The third kappa shape index (κ3) is 1.37. The Hall–Kier alpha value is -2.55. The molecule has 0 saturated heterocycles. The number of aryl methyl sites for hydroxylation is 2. The topological polar surface area (TPSA) is 24.6 Å². The molecule has 0 amide bonds. The molecule has 1 N–H and O–H groups in total. The first-order valence-electron chi connectivity index (χ1n) is 6.79. The quantitative estimate of drug-likeness (QED) is 0.509. The molecule has 2 aromatic carbocycles. The standard InChI is InChI=1S/C17H15N3/c1-12-6-5-8-14-13-7-3-4-9-15(13)20(16(12)14)17-18-10-11-19(17)2/h3-11H,1-2H3/p+1. The number of rotatable bonds is 1. The van der Waals surface area contributed by atoms with E-state index >= 15 is 0 Å². The molecule has 4 aromatic rings. The molecule has 0 saturated carbocycles. The first-order chi connectivity index (χ1) is 9.77. The summed E-state index contributed by atoms with van der Waals surface area (Å²) < 4.78 is 4.41. The largest absolute Gasteiger partial charge is 0.367 e.